The molecule has 0 spiro atoms. The summed E-state index contributed by atoms with van der Waals surface area (Å²) in [5.74, 6) is 0.910. The van der Waals surface area contributed by atoms with Crippen molar-refractivity contribution < 1.29 is 0 Å². The highest BCUT2D eigenvalue weighted by Gasteiger charge is 2.23. The number of nitrogens with one attached hydrogen (secondary N) is 1. The highest BCUT2D eigenvalue weighted by atomic mass is 32.1. The van der Waals surface area contributed by atoms with Gasteiger partial charge in [0.2, 0.25) is 0 Å². The lowest BCUT2D eigenvalue weighted by Crippen LogP contribution is -2.20. The van der Waals surface area contributed by atoms with E-state index in [4.69, 9.17) is 18.0 Å². The first kappa shape index (κ1) is 11.3. The molecule has 0 bridgehead atoms. The molecule has 0 amide bonds. The van der Waals surface area contributed by atoms with Gasteiger partial charge < -0.3 is 11.1 Å². The number of nitrogens with two attached hydrogens (primary N) is 1. The molecule has 16 heavy (non-hydrogen) atoms. The van der Waals surface area contributed by atoms with Crippen molar-refractivity contribution in [1.82, 2.24) is 4.98 Å². The van der Waals surface area contributed by atoms with Crippen LogP contribution in [-0.4, -0.2) is 16.0 Å². The fourth-order valence-corrected chi connectivity index (χ4v) is 2.06. The van der Waals surface area contributed by atoms with Gasteiger partial charge in [0.25, 0.3) is 0 Å². The number of pyridine rings is 1. The van der Waals surface area contributed by atoms with E-state index in [2.05, 4.69) is 17.2 Å². The molecule has 4 heteroatoms. The number of thiocarbonyl (C=S) groups is 1. The number of nitrogens with zero attached hydrogens (tertiary/aromatic N) is 1. The second-order valence-corrected chi connectivity index (χ2v) is 4.93. The van der Waals surface area contributed by atoms with Gasteiger partial charge in [-0.25, -0.2) is 0 Å². The highest BCUT2D eigenvalue weighted by molar-refractivity contribution is 7.80. The van der Waals surface area contributed by atoms with Gasteiger partial charge in [-0.05, 0) is 31.4 Å². The molecule has 1 fully saturated rings. The fraction of sp³-hybridized carbons (Fsp3) is 0.500. The molecule has 0 radical (unpaired) electrons. The average molecular weight is 235 g/mol. The SMILES string of the molecule is CC(CC1CC1)Nc1cccnc1C(N)=S. The lowest BCUT2D eigenvalue weighted by molar-refractivity contribution is 0.642. The molecule has 1 unspecified atom stereocenters. The van der Waals surface area contributed by atoms with Crippen molar-refractivity contribution in [3.8, 4) is 0 Å². The summed E-state index contributed by atoms with van der Waals surface area (Å²) < 4.78 is 0. The Morgan fingerprint density at radius 3 is 3.06 bits per heavy atom. The van der Waals surface area contributed by atoms with Gasteiger partial charge in [-0.2, -0.15) is 0 Å². The molecule has 1 aliphatic rings. The first-order valence-corrected chi connectivity index (χ1v) is 6.09. The van der Waals surface area contributed by atoms with Crippen molar-refractivity contribution in [2.45, 2.75) is 32.2 Å². The zero-order valence-corrected chi connectivity index (χ0v) is 10.3. The van der Waals surface area contributed by atoms with Crippen molar-refractivity contribution in [2.24, 2.45) is 11.7 Å². The Kier molecular flexibility index (Phi) is 3.39. The standard InChI is InChI=1S/C12H17N3S/c1-8(7-9-4-5-9)15-10-3-2-6-14-11(10)12(13)16/h2-3,6,8-9,15H,4-5,7H2,1H3,(H2,13,16). The lowest BCUT2D eigenvalue weighted by Gasteiger charge is -2.16. The topological polar surface area (TPSA) is 50.9 Å². The molecule has 0 aliphatic heterocycles. The van der Waals surface area contributed by atoms with Crippen LogP contribution in [0.4, 0.5) is 5.69 Å². The van der Waals surface area contributed by atoms with Crippen LogP contribution in [0.5, 0.6) is 0 Å². The minimum absolute atomic E-state index is 0.349. The Labute approximate surface area is 101 Å². The Balaban J connectivity index is 2.04. The van der Waals surface area contributed by atoms with Crippen LogP contribution in [0.15, 0.2) is 18.3 Å². The fourth-order valence-electron chi connectivity index (χ4n) is 1.90. The predicted molar refractivity (Wildman–Crippen MR) is 70.6 cm³/mol. The largest absolute Gasteiger partial charge is 0.388 e. The van der Waals surface area contributed by atoms with Gasteiger partial charge in [0.15, 0.2) is 0 Å². The second kappa shape index (κ2) is 4.78. The van der Waals surface area contributed by atoms with Crippen LogP contribution in [-0.2, 0) is 0 Å². The molecule has 1 saturated carbocycles. The third-order valence-corrected chi connectivity index (χ3v) is 3.02. The second-order valence-electron chi connectivity index (χ2n) is 4.49. The third-order valence-electron chi connectivity index (χ3n) is 2.83. The summed E-state index contributed by atoms with van der Waals surface area (Å²) in [5.41, 5.74) is 7.27. The van der Waals surface area contributed by atoms with Gasteiger partial charge in [0, 0.05) is 12.2 Å². The highest BCUT2D eigenvalue weighted by Crippen LogP contribution is 2.34. The van der Waals surface area contributed by atoms with Crippen LogP contribution < -0.4 is 11.1 Å². The molecule has 1 aromatic rings. The molecule has 1 aliphatic carbocycles. The number of rotatable bonds is 5. The van der Waals surface area contributed by atoms with E-state index in [0.29, 0.717) is 16.7 Å². The predicted octanol–water partition coefficient (Wildman–Crippen LogP) is 2.32. The van der Waals surface area contributed by atoms with E-state index in [1.54, 1.807) is 6.20 Å². The van der Waals surface area contributed by atoms with E-state index in [1.165, 1.54) is 19.3 Å². The molecule has 1 aromatic heterocycles. The van der Waals surface area contributed by atoms with Gasteiger partial charge in [0.1, 0.15) is 10.7 Å². The van der Waals surface area contributed by atoms with Crippen LogP contribution in [0.1, 0.15) is 31.9 Å². The molecule has 3 nitrogen and oxygen atoms in total. The molecule has 1 heterocycles. The minimum Gasteiger partial charge on any atom is -0.388 e. The van der Waals surface area contributed by atoms with Crippen molar-refractivity contribution in [3.05, 3.63) is 24.0 Å². The molecule has 3 N–H and O–H groups in total. The van der Waals surface area contributed by atoms with Crippen molar-refractivity contribution in [1.29, 1.82) is 0 Å². The number of hydrogen-bond acceptors (Lipinski definition) is 3. The van der Waals surface area contributed by atoms with E-state index in [9.17, 15) is 0 Å². The van der Waals surface area contributed by atoms with Crippen LogP contribution in [0.3, 0.4) is 0 Å². The smallest absolute Gasteiger partial charge is 0.124 e. The van der Waals surface area contributed by atoms with Gasteiger partial charge in [-0.3, -0.25) is 4.98 Å². The summed E-state index contributed by atoms with van der Waals surface area (Å²) >= 11 is 4.98. The molecule has 86 valence electrons. The molecule has 0 saturated heterocycles. The van der Waals surface area contributed by atoms with Crippen molar-refractivity contribution >= 4 is 22.9 Å². The monoisotopic (exact) mass is 235 g/mol. The maximum atomic E-state index is 5.63. The lowest BCUT2D eigenvalue weighted by atomic mass is 10.1. The Morgan fingerprint density at radius 2 is 2.44 bits per heavy atom. The molecular formula is C12H17N3S. The van der Waals surface area contributed by atoms with Gasteiger partial charge >= 0.3 is 0 Å². The van der Waals surface area contributed by atoms with E-state index in [-0.39, 0.29) is 0 Å². The average Bonchev–Trinajstić information content (AvgIpc) is 3.02. The first-order valence-electron chi connectivity index (χ1n) is 5.68. The summed E-state index contributed by atoms with van der Waals surface area (Å²) in [6, 6.07) is 4.32. The summed E-state index contributed by atoms with van der Waals surface area (Å²) in [6.45, 7) is 2.19. The first-order chi connectivity index (χ1) is 7.66. The van der Waals surface area contributed by atoms with Gasteiger partial charge in [-0.1, -0.05) is 25.1 Å². The number of aromatic nitrogens is 1. The number of hydrogen-bond donors (Lipinski definition) is 2. The molecule has 0 aromatic carbocycles. The maximum Gasteiger partial charge on any atom is 0.124 e. The quantitative estimate of drug-likeness (QED) is 0.769. The van der Waals surface area contributed by atoms with Gasteiger partial charge in [0.05, 0.1) is 5.69 Å². The van der Waals surface area contributed by atoms with Crippen molar-refractivity contribution in [3.63, 3.8) is 0 Å². The zero-order chi connectivity index (χ0) is 11.5. The zero-order valence-electron chi connectivity index (χ0n) is 9.44. The number of anilines is 1. The molecule has 1 atom stereocenters. The van der Waals surface area contributed by atoms with E-state index < -0.39 is 0 Å². The van der Waals surface area contributed by atoms with Gasteiger partial charge in [-0.15, -0.1) is 0 Å². The van der Waals surface area contributed by atoms with Crippen LogP contribution >= 0.6 is 12.2 Å². The summed E-state index contributed by atoms with van der Waals surface area (Å²) in [4.78, 5) is 4.55. The summed E-state index contributed by atoms with van der Waals surface area (Å²) in [5, 5.41) is 3.43. The van der Waals surface area contributed by atoms with Crippen LogP contribution in [0, 0.1) is 5.92 Å². The Bertz CT molecular complexity index is 388. The summed E-state index contributed by atoms with van der Waals surface area (Å²) in [7, 11) is 0. The van der Waals surface area contributed by atoms with Crippen molar-refractivity contribution in [2.75, 3.05) is 5.32 Å². The third kappa shape index (κ3) is 2.92. The van der Waals surface area contributed by atoms with E-state index in [1.807, 2.05) is 12.1 Å². The molecule has 2 rings (SSSR count). The Hall–Kier alpha value is -1.16. The van der Waals surface area contributed by atoms with Crippen LogP contribution in [0.25, 0.3) is 0 Å². The van der Waals surface area contributed by atoms with E-state index in [0.717, 1.165) is 11.6 Å². The maximum absolute atomic E-state index is 5.63. The minimum atomic E-state index is 0.349. The van der Waals surface area contributed by atoms with E-state index >= 15 is 0 Å². The normalized spacial score (nSPS) is 16.8. The summed E-state index contributed by atoms with van der Waals surface area (Å²) in [6.07, 6.45) is 5.68. The Morgan fingerprint density at radius 1 is 1.69 bits per heavy atom. The molecular weight excluding hydrogens is 218 g/mol. The van der Waals surface area contributed by atoms with Crippen LogP contribution in [0.2, 0.25) is 0 Å².